The highest BCUT2D eigenvalue weighted by Gasteiger charge is 2.11. The third-order valence-corrected chi connectivity index (χ3v) is 4.76. The summed E-state index contributed by atoms with van der Waals surface area (Å²) in [7, 11) is 0. The second-order valence-electron chi connectivity index (χ2n) is 5.57. The van der Waals surface area contributed by atoms with Gasteiger partial charge >= 0.3 is 0 Å². The maximum Gasteiger partial charge on any atom is 0.230 e. The minimum Gasteiger partial charge on any atom is -0.300 e. The Balaban J connectivity index is 1.69. The molecule has 1 heterocycles. The van der Waals surface area contributed by atoms with Crippen LogP contribution in [-0.4, -0.2) is 16.1 Å². The monoisotopic (exact) mass is 357 g/mol. The van der Waals surface area contributed by atoms with Crippen molar-refractivity contribution in [3.63, 3.8) is 0 Å². The van der Waals surface area contributed by atoms with E-state index in [1.807, 2.05) is 44.2 Å². The van der Waals surface area contributed by atoms with Gasteiger partial charge < -0.3 is 5.32 Å². The Labute approximate surface area is 149 Å². The van der Waals surface area contributed by atoms with Gasteiger partial charge in [-0.1, -0.05) is 58.8 Å². The zero-order chi connectivity index (χ0) is 17.1. The first-order chi connectivity index (χ1) is 11.5. The van der Waals surface area contributed by atoms with Crippen LogP contribution in [0.3, 0.4) is 0 Å². The fourth-order valence-corrected chi connectivity index (χ4v) is 3.20. The molecule has 3 aromatic rings. The molecule has 2 aromatic carbocycles. The number of nitrogens with one attached hydrogen (secondary N) is 1. The van der Waals surface area contributed by atoms with Gasteiger partial charge in [-0.05, 0) is 37.1 Å². The molecule has 0 saturated carbocycles. The smallest absolute Gasteiger partial charge is 0.230 e. The zero-order valence-electron chi connectivity index (χ0n) is 13.3. The third-order valence-electron chi connectivity index (χ3n) is 3.62. The predicted octanol–water partition coefficient (Wildman–Crippen LogP) is 4.66. The lowest BCUT2D eigenvalue weighted by Gasteiger charge is -2.06. The summed E-state index contributed by atoms with van der Waals surface area (Å²) in [6, 6.07) is 13.5. The Hall–Kier alpha value is -2.24. The van der Waals surface area contributed by atoms with E-state index in [2.05, 4.69) is 15.5 Å². The molecule has 0 fully saturated rings. The van der Waals surface area contributed by atoms with Crippen molar-refractivity contribution in [3.05, 3.63) is 64.2 Å². The van der Waals surface area contributed by atoms with Gasteiger partial charge in [0.15, 0.2) is 0 Å². The number of halogens is 1. The van der Waals surface area contributed by atoms with Crippen molar-refractivity contribution in [2.45, 2.75) is 20.3 Å². The summed E-state index contributed by atoms with van der Waals surface area (Å²) < 4.78 is 0. The number of carbonyl (C=O) groups is 1. The fourth-order valence-electron chi connectivity index (χ4n) is 2.31. The van der Waals surface area contributed by atoms with Crippen LogP contribution in [0.1, 0.15) is 16.7 Å². The first-order valence-electron chi connectivity index (χ1n) is 7.47. The van der Waals surface area contributed by atoms with E-state index in [-0.39, 0.29) is 5.91 Å². The molecule has 1 amide bonds. The maximum atomic E-state index is 12.2. The van der Waals surface area contributed by atoms with Crippen molar-refractivity contribution >= 4 is 34.0 Å². The minimum absolute atomic E-state index is 0.0949. The molecule has 1 N–H and O–H groups in total. The normalized spacial score (nSPS) is 10.6. The van der Waals surface area contributed by atoms with Crippen LogP contribution in [0.15, 0.2) is 42.5 Å². The van der Waals surface area contributed by atoms with E-state index >= 15 is 0 Å². The van der Waals surface area contributed by atoms with Crippen molar-refractivity contribution in [1.29, 1.82) is 0 Å². The van der Waals surface area contributed by atoms with Gasteiger partial charge in [0, 0.05) is 10.6 Å². The van der Waals surface area contributed by atoms with Crippen molar-refractivity contribution in [2.24, 2.45) is 0 Å². The summed E-state index contributed by atoms with van der Waals surface area (Å²) >= 11 is 7.23. The number of anilines is 1. The van der Waals surface area contributed by atoms with Crippen molar-refractivity contribution in [3.8, 4) is 10.6 Å². The first kappa shape index (κ1) is 16.6. The van der Waals surface area contributed by atoms with E-state index in [4.69, 9.17) is 11.6 Å². The quantitative estimate of drug-likeness (QED) is 0.739. The van der Waals surface area contributed by atoms with E-state index in [1.165, 1.54) is 11.3 Å². The van der Waals surface area contributed by atoms with E-state index < -0.39 is 0 Å². The van der Waals surface area contributed by atoms with Crippen LogP contribution in [0.5, 0.6) is 0 Å². The summed E-state index contributed by atoms with van der Waals surface area (Å²) in [5.41, 5.74) is 4.20. The summed E-state index contributed by atoms with van der Waals surface area (Å²) in [5.74, 6) is -0.0949. The van der Waals surface area contributed by atoms with Gasteiger partial charge in [-0.25, -0.2) is 0 Å². The molecule has 6 heteroatoms. The molecule has 0 bridgehead atoms. The Bertz CT molecular complexity index is 874. The third kappa shape index (κ3) is 3.99. The van der Waals surface area contributed by atoms with Gasteiger partial charge in [0.05, 0.1) is 6.42 Å². The number of benzene rings is 2. The molecule has 0 saturated heterocycles. The van der Waals surface area contributed by atoms with Gasteiger partial charge in [-0.2, -0.15) is 0 Å². The molecule has 3 rings (SSSR count). The second kappa shape index (κ2) is 7.11. The second-order valence-corrected chi connectivity index (χ2v) is 6.99. The van der Waals surface area contributed by atoms with Crippen molar-refractivity contribution in [2.75, 3.05) is 5.32 Å². The molecule has 0 unspecified atom stereocenters. The molecule has 24 heavy (non-hydrogen) atoms. The van der Waals surface area contributed by atoms with Crippen LogP contribution < -0.4 is 5.32 Å². The number of aryl methyl sites for hydroxylation is 2. The SMILES string of the molecule is Cc1ccc(C)c(CC(=O)Nc2nnc(-c3ccc(Cl)cc3)s2)c1. The van der Waals surface area contributed by atoms with Crippen LogP contribution in [0, 0.1) is 13.8 Å². The number of hydrogen-bond donors (Lipinski definition) is 1. The molecule has 1 aromatic heterocycles. The van der Waals surface area contributed by atoms with Gasteiger partial charge in [0.25, 0.3) is 0 Å². The van der Waals surface area contributed by atoms with Gasteiger partial charge in [0.2, 0.25) is 11.0 Å². The van der Waals surface area contributed by atoms with Crippen molar-refractivity contribution < 1.29 is 4.79 Å². The number of carbonyl (C=O) groups excluding carboxylic acids is 1. The summed E-state index contributed by atoms with van der Waals surface area (Å²) in [5, 5.41) is 12.9. The number of amides is 1. The fraction of sp³-hybridized carbons (Fsp3) is 0.167. The molecule has 0 atom stereocenters. The lowest BCUT2D eigenvalue weighted by atomic mass is 10.0. The van der Waals surface area contributed by atoms with E-state index in [9.17, 15) is 4.79 Å². The molecule has 4 nitrogen and oxygen atoms in total. The van der Waals surface area contributed by atoms with Gasteiger partial charge in [-0.3, -0.25) is 4.79 Å². The van der Waals surface area contributed by atoms with E-state index in [0.29, 0.717) is 16.6 Å². The van der Waals surface area contributed by atoms with Crippen LogP contribution in [0.2, 0.25) is 5.02 Å². The lowest BCUT2D eigenvalue weighted by Crippen LogP contribution is -2.15. The molecule has 0 radical (unpaired) electrons. The topological polar surface area (TPSA) is 54.9 Å². The van der Waals surface area contributed by atoms with Gasteiger partial charge in [0.1, 0.15) is 5.01 Å². The van der Waals surface area contributed by atoms with Crippen molar-refractivity contribution in [1.82, 2.24) is 10.2 Å². The summed E-state index contributed by atoms with van der Waals surface area (Å²) in [6.07, 6.45) is 0.323. The average Bonchev–Trinajstić information content (AvgIpc) is 3.00. The number of nitrogens with zero attached hydrogens (tertiary/aromatic N) is 2. The molecular formula is C18H16ClN3OS. The first-order valence-corrected chi connectivity index (χ1v) is 8.66. The van der Waals surface area contributed by atoms with E-state index in [1.54, 1.807) is 12.1 Å². The van der Waals surface area contributed by atoms with Crippen LogP contribution in [0.25, 0.3) is 10.6 Å². The van der Waals surface area contributed by atoms with E-state index in [0.717, 1.165) is 27.3 Å². The molecule has 0 spiro atoms. The molecule has 0 aliphatic heterocycles. The zero-order valence-corrected chi connectivity index (χ0v) is 14.9. The Morgan fingerprint density at radius 3 is 2.62 bits per heavy atom. The predicted molar refractivity (Wildman–Crippen MR) is 98.6 cm³/mol. The molecule has 0 aliphatic carbocycles. The average molecular weight is 358 g/mol. The van der Waals surface area contributed by atoms with Crippen LogP contribution >= 0.6 is 22.9 Å². The number of aromatic nitrogens is 2. The standard InChI is InChI=1S/C18H16ClN3OS/c1-11-3-4-12(2)14(9-11)10-16(23)20-18-22-21-17(24-18)13-5-7-15(19)8-6-13/h3-9H,10H2,1-2H3,(H,20,22,23). The molecular weight excluding hydrogens is 342 g/mol. The van der Waals surface area contributed by atoms with Gasteiger partial charge in [-0.15, -0.1) is 10.2 Å². The number of rotatable bonds is 4. The summed E-state index contributed by atoms with van der Waals surface area (Å²) in [6.45, 7) is 4.02. The lowest BCUT2D eigenvalue weighted by molar-refractivity contribution is -0.115. The highest BCUT2D eigenvalue weighted by Crippen LogP contribution is 2.27. The Kier molecular flexibility index (Phi) is 4.92. The van der Waals surface area contributed by atoms with Crippen LogP contribution in [-0.2, 0) is 11.2 Å². The molecule has 0 aliphatic rings. The highest BCUT2D eigenvalue weighted by molar-refractivity contribution is 7.18. The Morgan fingerprint density at radius 1 is 1.12 bits per heavy atom. The largest absolute Gasteiger partial charge is 0.300 e. The number of hydrogen-bond acceptors (Lipinski definition) is 4. The minimum atomic E-state index is -0.0949. The van der Waals surface area contributed by atoms with Crippen LogP contribution in [0.4, 0.5) is 5.13 Å². The summed E-state index contributed by atoms with van der Waals surface area (Å²) in [4.78, 5) is 12.2. The highest BCUT2D eigenvalue weighted by atomic mass is 35.5. The molecule has 122 valence electrons. The Morgan fingerprint density at radius 2 is 1.88 bits per heavy atom. The maximum absolute atomic E-state index is 12.2.